The summed E-state index contributed by atoms with van der Waals surface area (Å²) in [4.78, 5) is 29.7. The van der Waals surface area contributed by atoms with E-state index in [9.17, 15) is 22.4 Å². The second kappa shape index (κ2) is 9.34. The van der Waals surface area contributed by atoms with Gasteiger partial charge in [-0.3, -0.25) is 10.1 Å². The fourth-order valence-electron chi connectivity index (χ4n) is 4.27. The molecule has 36 heavy (non-hydrogen) atoms. The van der Waals surface area contributed by atoms with Crippen LogP contribution in [0.3, 0.4) is 0 Å². The highest BCUT2D eigenvalue weighted by atomic mass is 32.2. The molecule has 0 saturated carbocycles. The summed E-state index contributed by atoms with van der Waals surface area (Å²) in [6.45, 7) is 4.91. The first kappa shape index (κ1) is 25.3. The average molecular weight is 512 g/mol. The third kappa shape index (κ3) is 4.44. The Hall–Kier alpha value is -3.79. The topological polar surface area (TPSA) is 114 Å². The normalized spacial score (nSPS) is 14.8. The zero-order valence-corrected chi connectivity index (χ0v) is 21.1. The zero-order chi connectivity index (χ0) is 26.3. The summed E-state index contributed by atoms with van der Waals surface area (Å²) in [5.74, 6) is -1.74. The summed E-state index contributed by atoms with van der Waals surface area (Å²) in [5.41, 5.74) is 0.957. The van der Waals surface area contributed by atoms with Crippen molar-refractivity contribution in [1.29, 1.82) is 0 Å². The van der Waals surface area contributed by atoms with Crippen LogP contribution in [0.4, 0.5) is 9.18 Å². The first-order valence-corrected chi connectivity index (χ1v) is 13.0. The van der Waals surface area contributed by atoms with Crippen molar-refractivity contribution >= 4 is 21.8 Å². The van der Waals surface area contributed by atoms with E-state index in [1.807, 2.05) is 0 Å². The van der Waals surface area contributed by atoms with E-state index in [2.05, 4.69) is 15.6 Å². The summed E-state index contributed by atoms with van der Waals surface area (Å²) < 4.78 is 45.0. The van der Waals surface area contributed by atoms with E-state index < -0.39 is 38.9 Å². The average Bonchev–Trinajstić information content (AvgIpc) is 2.87. The van der Waals surface area contributed by atoms with Crippen molar-refractivity contribution in [2.75, 3.05) is 12.8 Å². The molecule has 0 radical (unpaired) electrons. The predicted molar refractivity (Wildman–Crippen MR) is 132 cm³/mol. The fraction of sp³-hybridized carbons (Fsp3) is 0.269. The Labute approximate surface area is 208 Å². The molecule has 1 atom stereocenters. The molecule has 1 aliphatic heterocycles. The van der Waals surface area contributed by atoms with Gasteiger partial charge in [0.25, 0.3) is 0 Å². The summed E-state index contributed by atoms with van der Waals surface area (Å²) in [6.07, 6.45) is 0. The number of imide groups is 1. The second-order valence-electron chi connectivity index (χ2n) is 8.97. The van der Waals surface area contributed by atoms with Gasteiger partial charge in [0, 0.05) is 29.7 Å². The Bertz CT molecular complexity index is 1450. The maximum Gasteiger partial charge on any atom is 0.321 e. The monoisotopic (exact) mass is 511 g/mol. The first-order valence-electron chi connectivity index (χ1n) is 11.3. The highest BCUT2D eigenvalue weighted by Crippen LogP contribution is 2.52. The van der Waals surface area contributed by atoms with E-state index in [1.165, 1.54) is 31.3 Å². The van der Waals surface area contributed by atoms with Gasteiger partial charge < -0.3 is 10.1 Å². The molecular weight excluding hydrogens is 485 g/mol. The molecule has 0 saturated heterocycles. The van der Waals surface area contributed by atoms with Crippen LogP contribution in [0.25, 0.3) is 11.3 Å². The smallest absolute Gasteiger partial charge is 0.321 e. The van der Waals surface area contributed by atoms with E-state index in [0.717, 1.165) is 0 Å². The molecule has 2 N–H and O–H groups in total. The van der Waals surface area contributed by atoms with Crippen LogP contribution in [0.2, 0.25) is 0 Å². The van der Waals surface area contributed by atoms with Crippen LogP contribution in [0.15, 0.2) is 59.5 Å². The van der Waals surface area contributed by atoms with Crippen LogP contribution < -0.4 is 15.4 Å². The second-order valence-corrected chi connectivity index (χ2v) is 11.2. The molecular formula is C26H26FN3O5S. The fourth-order valence-corrected chi connectivity index (χ4v) is 5.16. The van der Waals surface area contributed by atoms with Gasteiger partial charge in [-0.25, -0.2) is 22.6 Å². The van der Waals surface area contributed by atoms with Crippen molar-refractivity contribution in [3.05, 3.63) is 71.5 Å². The van der Waals surface area contributed by atoms with E-state index in [4.69, 9.17) is 4.74 Å². The van der Waals surface area contributed by atoms with Gasteiger partial charge in [-0.1, -0.05) is 51.1 Å². The molecule has 0 aliphatic carbocycles. The van der Waals surface area contributed by atoms with E-state index in [-0.39, 0.29) is 22.3 Å². The number of carbonyl (C=O) groups is 2. The minimum absolute atomic E-state index is 0.00702. The molecule has 3 aromatic rings. The highest BCUT2D eigenvalue weighted by molar-refractivity contribution is 7.91. The standard InChI is InChI=1S/C26H26FN3O5S/c1-5-36(33,34)16-11-9-15(10-12-16)20-14-13-18-21(26(2,3)24(31)30-25(32)28-4)17-7-6-8-19(27)22(17)35-23(18)29-20/h6-14,21H,5H2,1-4H3,(H2,28,30,31,32)/t21-/m0/s1. The third-order valence-electron chi connectivity index (χ3n) is 6.36. The largest absolute Gasteiger partial charge is 0.435 e. The number of carbonyl (C=O) groups excluding carboxylic acids is 2. The van der Waals surface area contributed by atoms with Gasteiger partial charge in [0.1, 0.15) is 0 Å². The Kier molecular flexibility index (Phi) is 6.57. The molecule has 0 bridgehead atoms. The number of halogens is 1. The lowest BCUT2D eigenvalue weighted by Gasteiger charge is -2.37. The van der Waals surface area contributed by atoms with Gasteiger partial charge in [0.05, 0.1) is 21.8 Å². The SMILES string of the molecule is CCS(=O)(=O)c1ccc(-c2ccc3c(n2)Oc2c(F)cccc2[C@@H]3C(C)(C)C(=O)NC(=O)NC)cc1. The number of ether oxygens (including phenoxy) is 1. The van der Waals surface area contributed by atoms with E-state index in [1.54, 1.807) is 51.1 Å². The minimum atomic E-state index is -3.35. The number of hydrogen-bond donors (Lipinski definition) is 2. The van der Waals surface area contributed by atoms with Crippen LogP contribution in [-0.2, 0) is 14.6 Å². The molecule has 0 unspecified atom stereocenters. The van der Waals surface area contributed by atoms with Gasteiger partial charge in [0.15, 0.2) is 21.4 Å². The van der Waals surface area contributed by atoms with Crippen molar-refractivity contribution < 1.29 is 27.1 Å². The number of aromatic nitrogens is 1. The van der Waals surface area contributed by atoms with Crippen LogP contribution in [0.1, 0.15) is 37.8 Å². The molecule has 2 aromatic carbocycles. The van der Waals surface area contributed by atoms with Crippen molar-refractivity contribution in [3.63, 3.8) is 0 Å². The number of urea groups is 1. The van der Waals surface area contributed by atoms with E-state index >= 15 is 0 Å². The van der Waals surface area contributed by atoms with Gasteiger partial charge in [-0.05, 0) is 24.3 Å². The molecule has 3 amide bonds. The number of para-hydroxylation sites is 1. The van der Waals surface area contributed by atoms with Crippen LogP contribution in [0, 0.1) is 11.2 Å². The van der Waals surface area contributed by atoms with Crippen molar-refractivity contribution in [1.82, 2.24) is 15.6 Å². The number of sulfone groups is 1. The van der Waals surface area contributed by atoms with Gasteiger partial charge in [0.2, 0.25) is 11.8 Å². The van der Waals surface area contributed by atoms with Gasteiger partial charge in [-0.15, -0.1) is 0 Å². The number of hydrogen-bond acceptors (Lipinski definition) is 6. The number of rotatable bonds is 5. The maximum atomic E-state index is 14.8. The molecule has 1 aromatic heterocycles. The number of amides is 3. The number of nitrogens with one attached hydrogen (secondary N) is 2. The molecule has 2 heterocycles. The number of fused-ring (bicyclic) bond motifs is 2. The molecule has 4 rings (SSSR count). The Morgan fingerprint density at radius 3 is 2.39 bits per heavy atom. The van der Waals surface area contributed by atoms with Crippen LogP contribution in [0.5, 0.6) is 11.6 Å². The zero-order valence-electron chi connectivity index (χ0n) is 20.3. The molecule has 1 aliphatic rings. The van der Waals surface area contributed by atoms with E-state index in [0.29, 0.717) is 22.4 Å². The highest BCUT2D eigenvalue weighted by Gasteiger charge is 2.45. The van der Waals surface area contributed by atoms with Crippen molar-refractivity contribution in [2.24, 2.45) is 5.41 Å². The van der Waals surface area contributed by atoms with Gasteiger partial charge in [-0.2, -0.15) is 0 Å². The van der Waals surface area contributed by atoms with Crippen molar-refractivity contribution in [2.45, 2.75) is 31.6 Å². The molecule has 0 fully saturated rings. The molecule has 188 valence electrons. The predicted octanol–water partition coefficient (Wildman–Crippen LogP) is 4.40. The number of nitrogens with zero attached hydrogens (tertiary/aromatic N) is 1. The molecule has 10 heteroatoms. The number of pyridine rings is 1. The first-order chi connectivity index (χ1) is 17.0. The lowest BCUT2D eigenvalue weighted by Crippen LogP contribution is -2.47. The summed E-state index contributed by atoms with van der Waals surface area (Å²) >= 11 is 0. The summed E-state index contributed by atoms with van der Waals surface area (Å²) in [5, 5.41) is 4.67. The Balaban J connectivity index is 1.80. The quantitative estimate of drug-likeness (QED) is 0.525. The molecule has 8 nitrogen and oxygen atoms in total. The lowest BCUT2D eigenvalue weighted by atomic mass is 9.69. The van der Waals surface area contributed by atoms with Crippen LogP contribution in [-0.4, -0.2) is 38.1 Å². The summed E-state index contributed by atoms with van der Waals surface area (Å²) in [7, 11) is -1.94. The lowest BCUT2D eigenvalue weighted by molar-refractivity contribution is -0.128. The maximum absolute atomic E-state index is 14.8. The molecule has 0 spiro atoms. The minimum Gasteiger partial charge on any atom is -0.435 e. The summed E-state index contributed by atoms with van der Waals surface area (Å²) in [6, 6.07) is 13.6. The Morgan fingerprint density at radius 1 is 1.06 bits per heavy atom. The third-order valence-corrected chi connectivity index (χ3v) is 8.11. The van der Waals surface area contributed by atoms with Gasteiger partial charge >= 0.3 is 6.03 Å². The Morgan fingerprint density at radius 2 is 1.75 bits per heavy atom. The van der Waals surface area contributed by atoms with Crippen LogP contribution >= 0.6 is 0 Å². The van der Waals surface area contributed by atoms with Crippen molar-refractivity contribution in [3.8, 4) is 22.9 Å². The number of benzene rings is 2.